The first-order chi connectivity index (χ1) is 11.9. The van der Waals surface area contributed by atoms with Gasteiger partial charge in [0.1, 0.15) is 17.4 Å². The highest BCUT2D eigenvalue weighted by Crippen LogP contribution is 2.28. The maximum absolute atomic E-state index is 12.7. The van der Waals surface area contributed by atoms with Crippen LogP contribution in [0.4, 0.5) is 0 Å². The number of hydrogen-bond acceptors (Lipinski definition) is 5. The molecule has 1 rings (SSSR count). The van der Waals surface area contributed by atoms with Crippen molar-refractivity contribution in [2.24, 2.45) is 11.8 Å². The van der Waals surface area contributed by atoms with Crippen molar-refractivity contribution in [1.29, 1.82) is 0 Å². The molecular weight excluding hydrogens is 332 g/mol. The second-order valence-corrected chi connectivity index (χ2v) is 8.58. The van der Waals surface area contributed by atoms with Crippen molar-refractivity contribution >= 4 is 17.7 Å². The van der Waals surface area contributed by atoms with Crippen molar-refractivity contribution in [2.75, 3.05) is 13.1 Å². The first-order valence-electron chi connectivity index (χ1n) is 9.69. The van der Waals surface area contributed by atoms with Crippen LogP contribution in [0.15, 0.2) is 0 Å². The summed E-state index contributed by atoms with van der Waals surface area (Å²) in [5, 5.41) is 2.97. The summed E-state index contributed by atoms with van der Waals surface area (Å²) >= 11 is 0. The van der Waals surface area contributed by atoms with Crippen LogP contribution >= 0.6 is 0 Å². The molecule has 1 N–H and O–H groups in total. The van der Waals surface area contributed by atoms with Crippen LogP contribution in [0.3, 0.4) is 0 Å². The van der Waals surface area contributed by atoms with E-state index in [1.807, 2.05) is 27.7 Å². The van der Waals surface area contributed by atoms with E-state index >= 15 is 0 Å². The molecule has 26 heavy (non-hydrogen) atoms. The summed E-state index contributed by atoms with van der Waals surface area (Å²) in [5.74, 6) is -0.109. The molecule has 6 heteroatoms. The Morgan fingerprint density at radius 2 is 1.85 bits per heavy atom. The number of nitrogens with one attached hydrogen (secondary N) is 1. The molecule has 4 atom stereocenters. The Morgan fingerprint density at radius 3 is 2.31 bits per heavy atom. The van der Waals surface area contributed by atoms with Gasteiger partial charge in [-0.3, -0.25) is 19.3 Å². The fraction of sp³-hybridized carbons (Fsp3) is 0.850. The number of Topliss-reactive ketones (excluding diaryl/α,β-unsaturated/α-hetero) is 1. The van der Waals surface area contributed by atoms with Gasteiger partial charge in [-0.25, -0.2) is 0 Å². The zero-order valence-corrected chi connectivity index (χ0v) is 17.4. The monoisotopic (exact) mass is 368 g/mol. The Hall–Kier alpha value is -1.43. The van der Waals surface area contributed by atoms with Crippen molar-refractivity contribution < 1.29 is 19.1 Å². The molecular formula is C20H36N2O4. The number of carbonyl (C=O) groups is 3. The van der Waals surface area contributed by atoms with E-state index in [1.165, 1.54) is 6.92 Å². The first-order valence-corrected chi connectivity index (χ1v) is 9.69. The van der Waals surface area contributed by atoms with Gasteiger partial charge in [-0.05, 0) is 53.4 Å². The summed E-state index contributed by atoms with van der Waals surface area (Å²) in [5.41, 5.74) is -0.552. The molecule has 0 bridgehead atoms. The lowest BCUT2D eigenvalue weighted by molar-refractivity contribution is -0.160. The highest BCUT2D eigenvalue weighted by Gasteiger charge is 2.41. The highest BCUT2D eigenvalue weighted by molar-refractivity contribution is 5.82. The summed E-state index contributed by atoms with van der Waals surface area (Å²) in [6.45, 7) is 14.0. The lowest BCUT2D eigenvalue weighted by Crippen LogP contribution is -2.47. The largest absolute Gasteiger partial charge is 0.459 e. The minimum atomic E-state index is -0.552. The number of likely N-dealkylation sites (tertiary alicyclic amines) is 1. The van der Waals surface area contributed by atoms with Gasteiger partial charge in [0.15, 0.2) is 0 Å². The molecule has 1 heterocycles. The molecule has 1 saturated heterocycles. The lowest BCUT2D eigenvalue weighted by atomic mass is 9.95. The minimum absolute atomic E-state index is 0.0168. The third-order valence-corrected chi connectivity index (χ3v) is 4.92. The lowest BCUT2D eigenvalue weighted by Gasteiger charge is -2.32. The van der Waals surface area contributed by atoms with Crippen LogP contribution < -0.4 is 5.32 Å². The van der Waals surface area contributed by atoms with E-state index < -0.39 is 11.6 Å². The molecule has 0 saturated carbocycles. The Kier molecular flexibility index (Phi) is 8.25. The molecule has 0 aromatic carbocycles. The van der Waals surface area contributed by atoms with E-state index in [1.54, 1.807) is 6.92 Å². The molecule has 0 radical (unpaired) electrons. The van der Waals surface area contributed by atoms with Crippen molar-refractivity contribution in [3.63, 3.8) is 0 Å². The van der Waals surface area contributed by atoms with Crippen LogP contribution in [-0.2, 0) is 19.1 Å². The molecule has 1 fully saturated rings. The zero-order chi connectivity index (χ0) is 20.1. The predicted octanol–water partition coefficient (Wildman–Crippen LogP) is 2.55. The molecule has 6 nitrogen and oxygen atoms in total. The van der Waals surface area contributed by atoms with Crippen LogP contribution in [0.5, 0.6) is 0 Å². The van der Waals surface area contributed by atoms with E-state index in [4.69, 9.17) is 4.74 Å². The average Bonchev–Trinajstić information content (AvgIpc) is 2.88. The third-order valence-electron chi connectivity index (χ3n) is 4.92. The number of esters is 1. The van der Waals surface area contributed by atoms with E-state index in [0.717, 1.165) is 12.8 Å². The zero-order valence-electron chi connectivity index (χ0n) is 17.4. The predicted molar refractivity (Wildman–Crippen MR) is 102 cm³/mol. The Balaban J connectivity index is 2.92. The standard InChI is InChI=1S/C20H36N2O4/c1-8-9-16(13(2)21-15(4)24)11-22-12-17(14(3)23)10-18(22)19(25)26-20(5,6)7/h13,16-18H,8-12H2,1-7H3,(H,21,24)/t13?,16?,17-,18-/m1/s1. The summed E-state index contributed by atoms with van der Waals surface area (Å²) in [6.07, 6.45) is 2.46. The van der Waals surface area contributed by atoms with Gasteiger partial charge in [-0.1, -0.05) is 13.3 Å². The average molecular weight is 369 g/mol. The van der Waals surface area contributed by atoms with Crippen molar-refractivity contribution in [3.8, 4) is 0 Å². The summed E-state index contributed by atoms with van der Waals surface area (Å²) < 4.78 is 5.58. The van der Waals surface area contributed by atoms with Gasteiger partial charge in [0, 0.05) is 32.0 Å². The number of nitrogens with zero attached hydrogens (tertiary/aromatic N) is 1. The molecule has 0 aromatic heterocycles. The summed E-state index contributed by atoms with van der Waals surface area (Å²) in [7, 11) is 0. The van der Waals surface area contributed by atoms with Gasteiger partial charge in [-0.2, -0.15) is 0 Å². The van der Waals surface area contributed by atoms with E-state index in [9.17, 15) is 14.4 Å². The minimum Gasteiger partial charge on any atom is -0.459 e. The van der Waals surface area contributed by atoms with E-state index in [-0.39, 0.29) is 35.5 Å². The molecule has 150 valence electrons. The summed E-state index contributed by atoms with van der Waals surface area (Å²) in [6, 6.07) is -0.380. The first kappa shape index (κ1) is 22.6. The Morgan fingerprint density at radius 1 is 1.23 bits per heavy atom. The number of ether oxygens (including phenoxy) is 1. The van der Waals surface area contributed by atoms with Gasteiger partial charge in [0.25, 0.3) is 0 Å². The number of amides is 1. The second kappa shape index (κ2) is 9.49. The highest BCUT2D eigenvalue weighted by atomic mass is 16.6. The molecule has 1 aliphatic heterocycles. The molecule has 2 unspecified atom stereocenters. The SMILES string of the molecule is CCCC(CN1C[C@H](C(C)=O)C[C@@H]1C(=O)OC(C)(C)C)C(C)NC(C)=O. The third kappa shape index (κ3) is 7.06. The maximum Gasteiger partial charge on any atom is 0.323 e. The van der Waals surface area contributed by atoms with Gasteiger partial charge in [-0.15, -0.1) is 0 Å². The van der Waals surface area contributed by atoms with Gasteiger partial charge >= 0.3 is 5.97 Å². The second-order valence-electron chi connectivity index (χ2n) is 8.58. The van der Waals surface area contributed by atoms with Crippen molar-refractivity contribution in [3.05, 3.63) is 0 Å². The van der Waals surface area contributed by atoms with Crippen LogP contribution in [0, 0.1) is 11.8 Å². The Bertz CT molecular complexity index is 512. The topological polar surface area (TPSA) is 75.7 Å². The van der Waals surface area contributed by atoms with Gasteiger partial charge < -0.3 is 10.1 Å². The number of hydrogen-bond donors (Lipinski definition) is 1. The smallest absolute Gasteiger partial charge is 0.323 e. The van der Waals surface area contributed by atoms with E-state index in [0.29, 0.717) is 19.5 Å². The quantitative estimate of drug-likeness (QED) is 0.666. The van der Waals surface area contributed by atoms with Crippen LogP contribution in [0.25, 0.3) is 0 Å². The molecule has 1 aliphatic rings. The molecule has 1 amide bonds. The normalized spacial score (nSPS) is 23.3. The van der Waals surface area contributed by atoms with Crippen LogP contribution in [0.1, 0.15) is 67.7 Å². The van der Waals surface area contributed by atoms with E-state index in [2.05, 4.69) is 17.1 Å². The fourth-order valence-corrected chi connectivity index (χ4v) is 3.62. The van der Waals surface area contributed by atoms with Crippen molar-refractivity contribution in [1.82, 2.24) is 10.2 Å². The molecule has 0 aromatic rings. The number of ketones is 1. The van der Waals surface area contributed by atoms with Crippen LogP contribution in [-0.4, -0.2) is 53.3 Å². The Labute approximate surface area is 158 Å². The molecule has 0 aliphatic carbocycles. The van der Waals surface area contributed by atoms with Crippen molar-refractivity contribution in [2.45, 2.75) is 85.4 Å². The number of carbonyl (C=O) groups excluding carboxylic acids is 3. The van der Waals surface area contributed by atoms with Crippen LogP contribution in [0.2, 0.25) is 0 Å². The van der Waals surface area contributed by atoms with Gasteiger partial charge in [0.05, 0.1) is 0 Å². The van der Waals surface area contributed by atoms with Gasteiger partial charge in [0.2, 0.25) is 5.91 Å². The molecule has 0 spiro atoms. The summed E-state index contributed by atoms with van der Waals surface area (Å²) in [4.78, 5) is 38.1. The maximum atomic E-state index is 12.7. The fourth-order valence-electron chi connectivity index (χ4n) is 3.62. The number of rotatable bonds is 8.